The standard InChI is InChI=1S/C8H9N3O5S/c1-4-7(17-10-9-4)8(16)11(2-5(12)13)3-6(14)15/h2-3H2,1H3,(H,12,13)(H,14,15). The van der Waals surface area contributed by atoms with E-state index in [9.17, 15) is 14.4 Å². The molecule has 0 aliphatic carbocycles. The van der Waals surface area contributed by atoms with Crippen molar-refractivity contribution >= 4 is 29.4 Å². The molecule has 0 saturated heterocycles. The van der Waals surface area contributed by atoms with Crippen LogP contribution in [0, 0.1) is 6.92 Å². The Morgan fingerprint density at radius 1 is 1.24 bits per heavy atom. The number of aliphatic carboxylic acids is 2. The van der Waals surface area contributed by atoms with Crippen molar-refractivity contribution < 1.29 is 24.6 Å². The first-order valence-electron chi connectivity index (χ1n) is 4.43. The average molecular weight is 259 g/mol. The van der Waals surface area contributed by atoms with Gasteiger partial charge in [0.05, 0.1) is 5.69 Å². The summed E-state index contributed by atoms with van der Waals surface area (Å²) in [5.41, 5.74) is 0.348. The van der Waals surface area contributed by atoms with E-state index in [-0.39, 0.29) is 4.88 Å². The van der Waals surface area contributed by atoms with Crippen LogP contribution in [-0.2, 0) is 9.59 Å². The molecule has 0 aromatic carbocycles. The lowest BCUT2D eigenvalue weighted by molar-refractivity contribution is -0.140. The van der Waals surface area contributed by atoms with E-state index in [4.69, 9.17) is 10.2 Å². The van der Waals surface area contributed by atoms with Crippen molar-refractivity contribution in [3.63, 3.8) is 0 Å². The summed E-state index contributed by atoms with van der Waals surface area (Å²) in [5, 5.41) is 20.8. The van der Waals surface area contributed by atoms with E-state index in [2.05, 4.69) is 9.59 Å². The second-order valence-electron chi connectivity index (χ2n) is 3.14. The number of carbonyl (C=O) groups is 3. The molecule has 1 aromatic rings. The fraction of sp³-hybridized carbons (Fsp3) is 0.375. The van der Waals surface area contributed by atoms with Crippen LogP contribution in [-0.4, -0.2) is 55.6 Å². The molecule has 1 aromatic heterocycles. The lowest BCUT2D eigenvalue weighted by Crippen LogP contribution is -2.39. The third-order valence-electron chi connectivity index (χ3n) is 1.79. The van der Waals surface area contributed by atoms with E-state index in [1.807, 2.05) is 0 Å². The normalized spacial score (nSPS) is 9.94. The van der Waals surface area contributed by atoms with Crippen LogP contribution >= 0.6 is 11.5 Å². The van der Waals surface area contributed by atoms with Crippen LogP contribution in [0.15, 0.2) is 0 Å². The molecule has 0 aliphatic heterocycles. The molecule has 1 heterocycles. The fourth-order valence-electron chi connectivity index (χ4n) is 1.10. The second kappa shape index (κ2) is 5.34. The van der Waals surface area contributed by atoms with E-state index in [1.54, 1.807) is 0 Å². The Balaban J connectivity index is 2.90. The van der Waals surface area contributed by atoms with Crippen molar-refractivity contribution in [1.82, 2.24) is 14.5 Å². The maximum Gasteiger partial charge on any atom is 0.323 e. The van der Waals surface area contributed by atoms with Gasteiger partial charge in [0.2, 0.25) is 0 Å². The molecule has 0 unspecified atom stereocenters. The Morgan fingerprint density at radius 2 is 1.76 bits per heavy atom. The monoisotopic (exact) mass is 259 g/mol. The number of amides is 1. The maximum absolute atomic E-state index is 11.8. The van der Waals surface area contributed by atoms with Gasteiger partial charge in [-0.1, -0.05) is 4.49 Å². The van der Waals surface area contributed by atoms with Gasteiger partial charge in [0.1, 0.15) is 18.0 Å². The fourth-order valence-corrected chi connectivity index (χ4v) is 1.72. The summed E-state index contributed by atoms with van der Waals surface area (Å²) < 4.78 is 3.53. The Labute approximate surface area is 99.6 Å². The zero-order valence-corrected chi connectivity index (χ0v) is 9.60. The van der Waals surface area contributed by atoms with Gasteiger partial charge in [-0.2, -0.15) is 0 Å². The van der Waals surface area contributed by atoms with Gasteiger partial charge >= 0.3 is 11.9 Å². The van der Waals surface area contributed by atoms with E-state index in [0.717, 1.165) is 11.5 Å². The van der Waals surface area contributed by atoms with Gasteiger partial charge in [-0.05, 0) is 18.5 Å². The predicted molar refractivity (Wildman–Crippen MR) is 55.8 cm³/mol. The summed E-state index contributed by atoms with van der Waals surface area (Å²) in [7, 11) is 0. The minimum absolute atomic E-state index is 0.146. The number of rotatable bonds is 5. The lowest BCUT2D eigenvalue weighted by Gasteiger charge is -2.17. The largest absolute Gasteiger partial charge is 0.480 e. The molecule has 92 valence electrons. The number of hydrogen-bond donors (Lipinski definition) is 2. The molecule has 9 heteroatoms. The van der Waals surface area contributed by atoms with Gasteiger partial charge in [0.15, 0.2) is 0 Å². The summed E-state index contributed by atoms with van der Waals surface area (Å²) >= 11 is 0.802. The molecule has 17 heavy (non-hydrogen) atoms. The van der Waals surface area contributed by atoms with Crippen LogP contribution in [0.2, 0.25) is 0 Å². The first-order valence-corrected chi connectivity index (χ1v) is 5.21. The quantitative estimate of drug-likeness (QED) is 0.728. The van der Waals surface area contributed by atoms with Crippen molar-refractivity contribution in [2.24, 2.45) is 0 Å². The van der Waals surface area contributed by atoms with Gasteiger partial charge in [-0.3, -0.25) is 14.4 Å². The summed E-state index contributed by atoms with van der Waals surface area (Å²) in [5.74, 6) is -3.26. The zero-order chi connectivity index (χ0) is 13.0. The summed E-state index contributed by atoms with van der Waals surface area (Å²) in [6, 6.07) is 0. The van der Waals surface area contributed by atoms with Crippen molar-refractivity contribution in [1.29, 1.82) is 0 Å². The Bertz CT molecular complexity index is 442. The average Bonchev–Trinajstić information content (AvgIpc) is 2.61. The smallest absolute Gasteiger partial charge is 0.323 e. The molecule has 0 bridgehead atoms. The summed E-state index contributed by atoms with van der Waals surface area (Å²) in [6.45, 7) is 0.182. The van der Waals surface area contributed by atoms with Gasteiger partial charge in [0, 0.05) is 0 Å². The number of carboxylic acid groups (broad SMARTS) is 2. The highest BCUT2D eigenvalue weighted by Gasteiger charge is 2.24. The molecule has 0 saturated carbocycles. The van der Waals surface area contributed by atoms with Crippen molar-refractivity contribution in [3.8, 4) is 0 Å². The van der Waals surface area contributed by atoms with Crippen LogP contribution in [0.4, 0.5) is 0 Å². The molecule has 8 nitrogen and oxygen atoms in total. The number of carboxylic acids is 2. The zero-order valence-electron chi connectivity index (χ0n) is 8.78. The molecule has 0 spiro atoms. The number of aryl methyl sites for hydroxylation is 1. The number of aromatic nitrogens is 2. The molecule has 0 atom stereocenters. The lowest BCUT2D eigenvalue weighted by atomic mass is 10.3. The van der Waals surface area contributed by atoms with Crippen LogP contribution < -0.4 is 0 Å². The molecular weight excluding hydrogens is 250 g/mol. The molecular formula is C8H9N3O5S. The molecule has 1 amide bonds. The Hall–Kier alpha value is -2.03. The third kappa shape index (κ3) is 3.48. The minimum atomic E-state index is -1.28. The first-order chi connectivity index (χ1) is 7.91. The van der Waals surface area contributed by atoms with Crippen LogP contribution in [0.5, 0.6) is 0 Å². The van der Waals surface area contributed by atoms with Crippen LogP contribution in [0.1, 0.15) is 15.4 Å². The number of hydrogen-bond acceptors (Lipinski definition) is 6. The number of carbonyl (C=O) groups excluding carboxylic acids is 1. The highest BCUT2D eigenvalue weighted by Crippen LogP contribution is 2.12. The number of nitrogens with zero attached hydrogens (tertiary/aromatic N) is 3. The van der Waals surface area contributed by atoms with Crippen molar-refractivity contribution in [2.45, 2.75) is 6.92 Å². The molecule has 0 radical (unpaired) electrons. The molecule has 0 aliphatic rings. The van der Waals surface area contributed by atoms with E-state index < -0.39 is 30.9 Å². The summed E-state index contributed by atoms with van der Waals surface area (Å²) in [4.78, 5) is 33.8. The van der Waals surface area contributed by atoms with Crippen LogP contribution in [0.3, 0.4) is 0 Å². The van der Waals surface area contributed by atoms with Crippen molar-refractivity contribution in [2.75, 3.05) is 13.1 Å². The van der Waals surface area contributed by atoms with Gasteiger partial charge in [-0.25, -0.2) is 0 Å². The minimum Gasteiger partial charge on any atom is -0.480 e. The van der Waals surface area contributed by atoms with Gasteiger partial charge in [-0.15, -0.1) is 5.10 Å². The van der Waals surface area contributed by atoms with E-state index >= 15 is 0 Å². The van der Waals surface area contributed by atoms with Gasteiger partial charge in [0.25, 0.3) is 5.91 Å². The van der Waals surface area contributed by atoms with Crippen LogP contribution in [0.25, 0.3) is 0 Å². The predicted octanol–water partition coefficient (Wildman–Crippen LogP) is -0.542. The Morgan fingerprint density at radius 3 is 2.12 bits per heavy atom. The van der Waals surface area contributed by atoms with Gasteiger partial charge < -0.3 is 15.1 Å². The van der Waals surface area contributed by atoms with E-state index in [0.29, 0.717) is 10.6 Å². The maximum atomic E-state index is 11.8. The topological polar surface area (TPSA) is 121 Å². The highest BCUT2D eigenvalue weighted by molar-refractivity contribution is 7.07. The first kappa shape index (κ1) is 13.0. The van der Waals surface area contributed by atoms with E-state index in [1.165, 1.54) is 6.92 Å². The Kier molecular flexibility index (Phi) is 4.10. The molecule has 2 N–H and O–H groups in total. The SMILES string of the molecule is Cc1nnsc1C(=O)N(CC(=O)O)CC(=O)O. The molecule has 1 rings (SSSR count). The second-order valence-corrected chi connectivity index (χ2v) is 3.89. The summed E-state index contributed by atoms with van der Waals surface area (Å²) in [6.07, 6.45) is 0. The van der Waals surface area contributed by atoms with Crippen molar-refractivity contribution in [3.05, 3.63) is 10.6 Å². The third-order valence-corrected chi connectivity index (χ3v) is 2.60. The molecule has 0 fully saturated rings. The highest BCUT2D eigenvalue weighted by atomic mass is 32.1.